The van der Waals surface area contributed by atoms with Crippen molar-refractivity contribution in [1.82, 2.24) is 50.3 Å². The van der Waals surface area contributed by atoms with Crippen LogP contribution in [0.5, 0.6) is 0 Å². The van der Waals surface area contributed by atoms with Crippen molar-refractivity contribution in [3.05, 3.63) is 113 Å². The van der Waals surface area contributed by atoms with Crippen LogP contribution >= 0.6 is 11.3 Å². The molecule has 4 aromatic heterocycles. The standard InChI is InChI=1S/C60H77FN12O9S/c1-41-56(83-40-65-41)43-15-13-42(14-16-43)36-64-58(77)49-35-46(74)38-72(49)59(78)57(60(2,3)4)67-54(75)19-26-79-28-30-81-32-33-82-31-29-80-27-20-62-55(76)39-69-22-24-70(25-23-69)52-12-6-10-47(66-52)50-37-63-51-17-18-53(68-73(50)51)71-21-7-11-48(71)44-8-5-9-45(61)34-44/h5-6,8-10,12-18,34,37,40,46,48-49,57,74H,7,11,19-33,35-36,38-39H2,1-4H3,(H,62,76)(H,64,77)(H,67,75)/t46-,48-,49+,57-/m1/s1. The maximum Gasteiger partial charge on any atom is 0.246 e. The second-order valence-corrected chi connectivity index (χ2v) is 23.0. The van der Waals surface area contributed by atoms with Crippen LogP contribution in [0.2, 0.25) is 0 Å². The molecule has 21 nitrogen and oxygen atoms in total. The first-order valence-corrected chi connectivity index (χ1v) is 29.5. The van der Waals surface area contributed by atoms with Crippen LogP contribution in [-0.2, 0) is 44.7 Å². The van der Waals surface area contributed by atoms with Crippen LogP contribution in [-0.4, -0.2) is 187 Å². The fourth-order valence-electron chi connectivity index (χ4n) is 10.6. The van der Waals surface area contributed by atoms with Gasteiger partial charge in [0.1, 0.15) is 35.2 Å². The number of nitrogens with zero attached hydrogens (tertiary/aromatic N) is 9. The third kappa shape index (κ3) is 16.4. The van der Waals surface area contributed by atoms with Crippen LogP contribution in [0.1, 0.15) is 69.3 Å². The number of carbonyl (C=O) groups is 4. The number of aliphatic hydroxyl groups excluding tert-OH is 1. The Morgan fingerprint density at radius 2 is 1.53 bits per heavy atom. The average molecular weight is 1160 g/mol. The topological polar surface area (TPSA) is 230 Å². The summed E-state index contributed by atoms with van der Waals surface area (Å²) in [4.78, 5) is 76.3. The molecule has 7 heterocycles. The van der Waals surface area contributed by atoms with Crippen molar-refractivity contribution >= 4 is 52.2 Å². The Labute approximate surface area is 487 Å². The molecular formula is C60H77FN12O9S. The van der Waals surface area contributed by atoms with Gasteiger partial charge in [-0.2, -0.15) is 0 Å². The number of halogens is 1. The minimum absolute atomic E-state index is 0.0113. The number of piperazine rings is 1. The first-order chi connectivity index (χ1) is 40.2. The summed E-state index contributed by atoms with van der Waals surface area (Å²) in [5.41, 5.74) is 7.23. The molecular weight excluding hydrogens is 1080 g/mol. The molecule has 0 aliphatic carbocycles. The zero-order chi connectivity index (χ0) is 58.3. The van der Waals surface area contributed by atoms with Crippen LogP contribution < -0.4 is 25.8 Å². The van der Waals surface area contributed by atoms with Crippen LogP contribution in [0.3, 0.4) is 0 Å². The third-order valence-corrected chi connectivity index (χ3v) is 16.0. The number of imidazole rings is 1. The monoisotopic (exact) mass is 1160 g/mol. The molecule has 0 unspecified atom stereocenters. The Balaban J connectivity index is 0.588. The van der Waals surface area contributed by atoms with E-state index in [1.807, 2.05) is 98.4 Å². The number of hydrogen-bond acceptors (Lipinski definition) is 17. The fraction of sp³-hybridized carbons (Fsp3) is 0.500. The molecule has 3 aliphatic heterocycles. The molecule has 4 N–H and O–H groups in total. The molecule has 23 heteroatoms. The van der Waals surface area contributed by atoms with Gasteiger partial charge in [-0.05, 0) is 78.3 Å². The second kappa shape index (κ2) is 29.0. The Morgan fingerprint density at radius 3 is 2.24 bits per heavy atom. The van der Waals surface area contributed by atoms with Gasteiger partial charge in [-0.3, -0.25) is 24.1 Å². The summed E-state index contributed by atoms with van der Waals surface area (Å²) in [5, 5.41) is 24.3. The van der Waals surface area contributed by atoms with Gasteiger partial charge < -0.3 is 54.7 Å². The summed E-state index contributed by atoms with van der Waals surface area (Å²) in [6.07, 6.45) is 2.96. The zero-order valence-corrected chi connectivity index (χ0v) is 48.7. The minimum atomic E-state index is -0.938. The second-order valence-electron chi connectivity index (χ2n) is 22.1. The normalized spacial score (nSPS) is 18.0. The van der Waals surface area contributed by atoms with E-state index in [-0.39, 0.29) is 68.7 Å². The highest BCUT2D eigenvalue weighted by Crippen LogP contribution is 2.36. The van der Waals surface area contributed by atoms with Crippen molar-refractivity contribution in [2.45, 2.75) is 84.2 Å². The van der Waals surface area contributed by atoms with Crippen LogP contribution in [0.4, 0.5) is 16.0 Å². The SMILES string of the molecule is Cc1ncsc1-c1ccc(CNC(=O)[C@@H]2C[C@@H](O)CN2C(=O)[C@@H](NC(=O)CCOCCOCCOCCOCCNC(=O)CN2CCN(c3cccc(-c4cnc5ccc(N6CCC[C@@H]6c6cccc(F)c6)nn45)n3)CC2)C(C)(C)C)cc1. The van der Waals surface area contributed by atoms with Crippen LogP contribution in [0, 0.1) is 18.2 Å². The first kappa shape index (κ1) is 60.6. The molecule has 0 radical (unpaired) electrons. The molecule has 3 saturated heterocycles. The quantitative estimate of drug-likeness (QED) is 0.0486. The molecule has 3 aliphatic rings. The fourth-order valence-corrected chi connectivity index (χ4v) is 11.4. The van der Waals surface area contributed by atoms with Crippen LogP contribution in [0.15, 0.2) is 90.6 Å². The van der Waals surface area contributed by atoms with E-state index in [1.165, 1.54) is 11.0 Å². The predicted molar refractivity (Wildman–Crippen MR) is 313 cm³/mol. The molecule has 2 aromatic carbocycles. The Morgan fingerprint density at radius 1 is 0.807 bits per heavy atom. The van der Waals surface area contributed by atoms with Gasteiger partial charge in [-0.25, -0.2) is 23.9 Å². The Kier molecular flexibility index (Phi) is 21.2. The molecule has 444 valence electrons. The van der Waals surface area contributed by atoms with Crippen molar-refractivity contribution in [2.75, 3.05) is 115 Å². The van der Waals surface area contributed by atoms with E-state index in [4.69, 9.17) is 29.0 Å². The molecule has 0 saturated carbocycles. The van der Waals surface area contributed by atoms with E-state index < -0.39 is 29.5 Å². The van der Waals surface area contributed by atoms with Gasteiger partial charge in [-0.1, -0.05) is 63.2 Å². The third-order valence-electron chi connectivity index (χ3n) is 15.1. The Bertz CT molecular complexity index is 3110. The lowest BCUT2D eigenvalue weighted by Gasteiger charge is -2.35. The van der Waals surface area contributed by atoms with Crippen molar-refractivity contribution < 1.29 is 47.6 Å². The maximum absolute atomic E-state index is 14.1. The van der Waals surface area contributed by atoms with Gasteiger partial charge in [0.15, 0.2) is 5.65 Å². The van der Waals surface area contributed by atoms with Gasteiger partial charge in [0, 0.05) is 65.2 Å². The Hall–Kier alpha value is -6.99. The van der Waals surface area contributed by atoms with Crippen molar-refractivity contribution in [2.24, 2.45) is 5.41 Å². The van der Waals surface area contributed by atoms with E-state index in [0.717, 1.165) is 82.8 Å². The summed E-state index contributed by atoms with van der Waals surface area (Å²) in [6, 6.07) is 22.8. The van der Waals surface area contributed by atoms with Crippen molar-refractivity contribution in [3.63, 3.8) is 0 Å². The summed E-state index contributed by atoms with van der Waals surface area (Å²) < 4.78 is 38.4. The summed E-state index contributed by atoms with van der Waals surface area (Å²) in [7, 11) is 0. The number of aryl methyl sites for hydroxylation is 1. The number of pyridine rings is 1. The largest absolute Gasteiger partial charge is 0.391 e. The number of likely N-dealkylation sites (tertiary alicyclic amines) is 1. The lowest BCUT2D eigenvalue weighted by Crippen LogP contribution is -2.57. The molecule has 3 fully saturated rings. The number of ether oxygens (including phenoxy) is 4. The number of aliphatic hydroxyl groups is 1. The number of fused-ring (bicyclic) bond motifs is 1. The van der Waals surface area contributed by atoms with E-state index in [2.05, 4.69) is 40.6 Å². The van der Waals surface area contributed by atoms with Gasteiger partial charge in [0.05, 0.1) is 99.5 Å². The summed E-state index contributed by atoms with van der Waals surface area (Å²) in [5.74, 6) is 0.189. The lowest BCUT2D eigenvalue weighted by molar-refractivity contribution is -0.144. The lowest BCUT2D eigenvalue weighted by atomic mass is 9.85. The number of hydrogen-bond donors (Lipinski definition) is 4. The minimum Gasteiger partial charge on any atom is -0.391 e. The van der Waals surface area contributed by atoms with E-state index in [1.54, 1.807) is 29.7 Å². The molecule has 83 heavy (non-hydrogen) atoms. The van der Waals surface area contributed by atoms with E-state index in [0.29, 0.717) is 71.5 Å². The smallest absolute Gasteiger partial charge is 0.246 e. The molecule has 9 rings (SSSR count). The number of thiazole rings is 1. The van der Waals surface area contributed by atoms with Gasteiger partial charge >= 0.3 is 0 Å². The highest BCUT2D eigenvalue weighted by molar-refractivity contribution is 7.13. The number of benzene rings is 2. The number of aromatic nitrogens is 5. The zero-order valence-electron chi connectivity index (χ0n) is 47.8. The van der Waals surface area contributed by atoms with Gasteiger partial charge in [0.25, 0.3) is 0 Å². The number of rotatable bonds is 27. The number of carbonyl (C=O) groups excluding carboxylic acids is 4. The molecule has 4 amide bonds. The highest BCUT2D eigenvalue weighted by Gasteiger charge is 2.44. The molecule has 0 spiro atoms. The number of anilines is 2. The number of amides is 4. The average Bonchev–Trinajstić information content (AvgIpc) is 4.38. The molecule has 6 aromatic rings. The first-order valence-electron chi connectivity index (χ1n) is 28.6. The summed E-state index contributed by atoms with van der Waals surface area (Å²) >= 11 is 1.57. The van der Waals surface area contributed by atoms with Crippen LogP contribution in [0.25, 0.3) is 27.5 Å². The predicted octanol–water partition coefficient (Wildman–Crippen LogP) is 5.21. The van der Waals surface area contributed by atoms with Crippen molar-refractivity contribution in [3.8, 4) is 21.8 Å². The van der Waals surface area contributed by atoms with Gasteiger partial charge in [0.2, 0.25) is 23.6 Å². The van der Waals surface area contributed by atoms with Crippen molar-refractivity contribution in [1.29, 1.82) is 0 Å². The maximum atomic E-state index is 14.1. The number of nitrogens with one attached hydrogen (secondary N) is 3. The molecule has 4 atom stereocenters. The number of β-amino-alcohol motifs (C(OH)–C–C–N with tert-alkyl or cyclic N) is 1. The van der Waals surface area contributed by atoms with Gasteiger partial charge in [-0.15, -0.1) is 16.4 Å². The van der Waals surface area contributed by atoms with E-state index >= 15 is 0 Å². The van der Waals surface area contributed by atoms with E-state index in [9.17, 15) is 28.7 Å². The molecule has 0 bridgehead atoms. The highest BCUT2D eigenvalue weighted by atomic mass is 32.1. The summed E-state index contributed by atoms with van der Waals surface area (Å²) in [6.45, 7) is 14.6.